The lowest BCUT2D eigenvalue weighted by molar-refractivity contribution is -0.870. The van der Waals surface area contributed by atoms with Gasteiger partial charge in [0.2, 0.25) is 5.91 Å². The molecule has 0 bridgehead atoms. The van der Waals surface area contributed by atoms with Gasteiger partial charge >= 0.3 is 7.82 Å². The summed E-state index contributed by atoms with van der Waals surface area (Å²) in [7, 11) is 1.54. The fraction of sp³-hybridized carbons (Fsp3) is 0.689. The maximum absolute atomic E-state index is 13.0. The van der Waals surface area contributed by atoms with Crippen LogP contribution in [0.5, 0.6) is 0 Å². The highest BCUT2D eigenvalue weighted by Gasteiger charge is 2.27. The predicted octanol–water partition coefficient (Wildman–Crippen LogP) is 17.2. The van der Waals surface area contributed by atoms with Crippen molar-refractivity contribution in [3.05, 3.63) is 109 Å². The first-order chi connectivity index (χ1) is 34.0. The standard InChI is InChI=1S/C61H107N2O6P/c1-6-8-10-12-14-16-18-20-22-24-26-27-28-29-30-31-32-33-34-35-37-39-41-43-45-47-49-51-53-55-61(65)62-59(58-69-70(66,67)68-57-56-63(3,4)5)60(64)54-52-50-48-46-44-42-40-38-36-25-23-21-19-17-15-13-11-9-7-2/h8,10,14,16,20,22,26-27,29-30,32-33,35,37,41,43,52,54,59-60,64H,6-7,9,11-13,15,17-19,21,23-25,28,31,34,36,38-40,42,44-51,53,55-58H2,1-5H3,(H-,62,65,66,67)/p+1/b10-8-,16-14-,22-20-,27-26-,30-29-,33-32-,37-35-,43-41-,54-52+. The zero-order valence-electron chi connectivity index (χ0n) is 45.7. The van der Waals surface area contributed by atoms with Crippen molar-refractivity contribution in [2.75, 3.05) is 40.9 Å². The van der Waals surface area contributed by atoms with Gasteiger partial charge in [-0.3, -0.25) is 13.8 Å². The molecule has 0 aliphatic carbocycles. The normalized spacial score (nSPS) is 14.8. The molecule has 0 aromatic rings. The van der Waals surface area contributed by atoms with Crippen molar-refractivity contribution >= 4 is 13.7 Å². The molecule has 0 saturated carbocycles. The van der Waals surface area contributed by atoms with Crippen molar-refractivity contribution in [2.24, 2.45) is 0 Å². The summed E-state index contributed by atoms with van der Waals surface area (Å²) in [5, 5.41) is 13.9. The fourth-order valence-corrected chi connectivity index (χ4v) is 8.32. The fourth-order valence-electron chi connectivity index (χ4n) is 7.59. The van der Waals surface area contributed by atoms with Crippen LogP contribution in [-0.2, 0) is 18.4 Å². The van der Waals surface area contributed by atoms with Crippen LogP contribution < -0.4 is 5.32 Å². The third kappa shape index (κ3) is 53.0. The number of hydrogen-bond donors (Lipinski definition) is 3. The van der Waals surface area contributed by atoms with Crippen molar-refractivity contribution in [3.63, 3.8) is 0 Å². The molecule has 3 atom stereocenters. The maximum Gasteiger partial charge on any atom is 0.472 e. The zero-order chi connectivity index (χ0) is 51.3. The largest absolute Gasteiger partial charge is 0.472 e. The molecule has 3 N–H and O–H groups in total. The van der Waals surface area contributed by atoms with Crippen LogP contribution in [0.1, 0.15) is 219 Å². The van der Waals surface area contributed by atoms with Crippen LogP contribution in [0.15, 0.2) is 109 Å². The summed E-state index contributed by atoms with van der Waals surface area (Å²) in [6.45, 7) is 4.68. The van der Waals surface area contributed by atoms with E-state index in [1.807, 2.05) is 27.2 Å². The number of amides is 1. The van der Waals surface area contributed by atoms with Crippen LogP contribution in [-0.4, -0.2) is 73.4 Å². The molecular formula is C61H108N2O6P+. The van der Waals surface area contributed by atoms with E-state index in [4.69, 9.17) is 9.05 Å². The van der Waals surface area contributed by atoms with E-state index in [0.29, 0.717) is 17.4 Å². The number of aliphatic hydroxyl groups excluding tert-OH is 1. The third-order valence-electron chi connectivity index (χ3n) is 12.0. The molecule has 0 radical (unpaired) electrons. The Morgan fingerprint density at radius 1 is 0.500 bits per heavy atom. The SMILES string of the molecule is CC/C=C\C/C=C\C/C=C\C/C=C\C/C=C\C/C=C\C/C=C\C/C=C\CCCCCCC(=O)NC(COP(=O)(O)OCC[N+](C)(C)C)C(O)/C=C/CCCCCCCCCCCCCCCCCCC. The van der Waals surface area contributed by atoms with Gasteiger partial charge in [0.15, 0.2) is 0 Å². The molecule has 402 valence electrons. The number of phosphoric ester groups is 1. The number of likely N-dealkylation sites (N-methyl/N-ethyl adjacent to an activating group) is 1. The minimum absolute atomic E-state index is 0.0503. The molecule has 70 heavy (non-hydrogen) atoms. The van der Waals surface area contributed by atoms with E-state index in [-0.39, 0.29) is 19.1 Å². The molecule has 0 aliphatic rings. The lowest BCUT2D eigenvalue weighted by atomic mass is 10.0. The van der Waals surface area contributed by atoms with Crippen LogP contribution in [0, 0.1) is 0 Å². The third-order valence-corrected chi connectivity index (χ3v) is 13.0. The second-order valence-electron chi connectivity index (χ2n) is 19.9. The summed E-state index contributed by atoms with van der Waals surface area (Å²) in [6, 6.07) is -0.869. The Balaban J connectivity index is 4.34. The van der Waals surface area contributed by atoms with Gasteiger partial charge in [0.25, 0.3) is 0 Å². The molecule has 0 saturated heterocycles. The average Bonchev–Trinajstić information content (AvgIpc) is 3.32. The number of carbonyl (C=O) groups is 1. The molecule has 3 unspecified atom stereocenters. The molecule has 0 rings (SSSR count). The Morgan fingerprint density at radius 3 is 1.26 bits per heavy atom. The zero-order valence-corrected chi connectivity index (χ0v) is 46.6. The Hall–Kier alpha value is -2.84. The van der Waals surface area contributed by atoms with E-state index in [1.54, 1.807) is 6.08 Å². The molecule has 1 amide bonds. The summed E-state index contributed by atoms with van der Waals surface area (Å²) in [5.41, 5.74) is 0. The van der Waals surface area contributed by atoms with E-state index >= 15 is 0 Å². The smallest absolute Gasteiger partial charge is 0.387 e. The summed E-state index contributed by atoms with van der Waals surface area (Å²) in [6.07, 6.45) is 74.6. The minimum Gasteiger partial charge on any atom is -0.387 e. The number of rotatable bonds is 50. The first-order valence-corrected chi connectivity index (χ1v) is 29.8. The maximum atomic E-state index is 13.0. The van der Waals surface area contributed by atoms with Crippen LogP contribution in [0.2, 0.25) is 0 Å². The highest BCUT2D eigenvalue weighted by Crippen LogP contribution is 2.43. The van der Waals surface area contributed by atoms with Gasteiger partial charge in [-0.15, -0.1) is 0 Å². The van der Waals surface area contributed by atoms with Crippen LogP contribution in [0.4, 0.5) is 0 Å². The van der Waals surface area contributed by atoms with Crippen molar-refractivity contribution in [2.45, 2.75) is 231 Å². The van der Waals surface area contributed by atoms with E-state index in [0.717, 1.165) is 103 Å². The minimum atomic E-state index is -4.36. The molecule has 0 aromatic carbocycles. The van der Waals surface area contributed by atoms with Gasteiger partial charge in [-0.1, -0.05) is 239 Å². The van der Waals surface area contributed by atoms with Gasteiger partial charge < -0.3 is 19.8 Å². The molecule has 0 heterocycles. The predicted molar refractivity (Wildman–Crippen MR) is 304 cm³/mol. The quantitative estimate of drug-likeness (QED) is 0.0243. The molecular weight excluding hydrogens is 888 g/mol. The van der Waals surface area contributed by atoms with Crippen molar-refractivity contribution < 1.29 is 32.9 Å². The van der Waals surface area contributed by atoms with E-state index < -0.39 is 20.0 Å². The lowest BCUT2D eigenvalue weighted by Gasteiger charge is -2.25. The number of nitrogens with zero attached hydrogens (tertiary/aromatic N) is 1. The Kier molecular flexibility index (Phi) is 49.0. The number of unbranched alkanes of at least 4 members (excludes halogenated alkanes) is 21. The number of nitrogens with one attached hydrogen (secondary N) is 1. The highest BCUT2D eigenvalue weighted by molar-refractivity contribution is 7.47. The number of phosphoric acid groups is 1. The summed E-state index contributed by atoms with van der Waals surface area (Å²) < 4.78 is 23.7. The molecule has 9 heteroatoms. The highest BCUT2D eigenvalue weighted by atomic mass is 31.2. The van der Waals surface area contributed by atoms with Gasteiger partial charge in [-0.25, -0.2) is 4.57 Å². The second-order valence-corrected chi connectivity index (χ2v) is 21.4. The van der Waals surface area contributed by atoms with Crippen molar-refractivity contribution in [1.29, 1.82) is 0 Å². The molecule has 0 aromatic heterocycles. The summed E-state index contributed by atoms with van der Waals surface area (Å²) in [4.78, 5) is 23.3. The summed E-state index contributed by atoms with van der Waals surface area (Å²) >= 11 is 0. The van der Waals surface area contributed by atoms with Crippen LogP contribution >= 0.6 is 7.82 Å². The van der Waals surface area contributed by atoms with E-state index in [1.165, 1.54) is 96.3 Å². The van der Waals surface area contributed by atoms with Gasteiger partial charge in [-0.05, 0) is 83.5 Å². The van der Waals surface area contributed by atoms with Crippen LogP contribution in [0.3, 0.4) is 0 Å². The Bertz CT molecular complexity index is 1500. The number of allylic oxidation sites excluding steroid dienone is 17. The molecule has 0 aliphatic heterocycles. The first kappa shape index (κ1) is 67.2. The van der Waals surface area contributed by atoms with Crippen molar-refractivity contribution in [1.82, 2.24) is 5.32 Å². The van der Waals surface area contributed by atoms with E-state index in [9.17, 15) is 19.4 Å². The lowest BCUT2D eigenvalue weighted by Crippen LogP contribution is -2.45. The summed E-state index contributed by atoms with van der Waals surface area (Å²) in [5.74, 6) is -0.205. The Labute approximate surface area is 431 Å². The first-order valence-electron chi connectivity index (χ1n) is 28.3. The molecule has 0 fully saturated rings. The Morgan fingerprint density at radius 2 is 0.857 bits per heavy atom. The number of carbonyl (C=O) groups excluding carboxylic acids is 1. The second kappa shape index (κ2) is 51.1. The van der Waals surface area contributed by atoms with Gasteiger partial charge in [0.1, 0.15) is 13.2 Å². The van der Waals surface area contributed by atoms with Crippen molar-refractivity contribution in [3.8, 4) is 0 Å². The number of quaternary nitrogens is 1. The number of aliphatic hydroxyl groups is 1. The van der Waals surface area contributed by atoms with E-state index in [2.05, 4.69) is 116 Å². The average molecular weight is 997 g/mol. The topological polar surface area (TPSA) is 105 Å². The van der Waals surface area contributed by atoms with Gasteiger partial charge in [-0.2, -0.15) is 0 Å². The van der Waals surface area contributed by atoms with Gasteiger partial charge in [0.05, 0.1) is 39.9 Å². The van der Waals surface area contributed by atoms with Gasteiger partial charge in [0, 0.05) is 6.42 Å². The molecule has 8 nitrogen and oxygen atoms in total. The monoisotopic (exact) mass is 996 g/mol. The number of hydrogen-bond acceptors (Lipinski definition) is 5. The van der Waals surface area contributed by atoms with Crippen LogP contribution in [0.25, 0.3) is 0 Å². The molecule has 0 spiro atoms.